The Morgan fingerprint density at radius 1 is 1.05 bits per heavy atom. The second-order valence-electron chi connectivity index (χ2n) is 7.02. The second-order valence-corrected chi connectivity index (χ2v) is 7.02. The van der Waals surface area contributed by atoms with Crippen LogP contribution in [0, 0.1) is 6.92 Å². The summed E-state index contributed by atoms with van der Waals surface area (Å²) in [5.74, 6) is 0. The van der Waals surface area contributed by atoms with E-state index in [0.717, 1.165) is 25.9 Å². The Bertz CT molecular complexity index is 371. The minimum atomic E-state index is -0.0475. The fourth-order valence-corrected chi connectivity index (χ4v) is 2.18. The SMILES string of the molecule is Cc1ccc(C(C)(C)CNCCCC(C)(C)N)cc1. The lowest BCUT2D eigenvalue weighted by atomic mass is 9.84. The lowest BCUT2D eigenvalue weighted by Gasteiger charge is -2.26. The van der Waals surface area contributed by atoms with Gasteiger partial charge in [-0.1, -0.05) is 43.7 Å². The van der Waals surface area contributed by atoms with E-state index in [2.05, 4.69) is 64.2 Å². The minimum Gasteiger partial charge on any atom is -0.326 e. The van der Waals surface area contributed by atoms with E-state index in [1.807, 2.05) is 0 Å². The maximum atomic E-state index is 5.98. The third kappa shape index (κ3) is 6.22. The van der Waals surface area contributed by atoms with Crippen molar-refractivity contribution in [1.82, 2.24) is 5.32 Å². The summed E-state index contributed by atoms with van der Waals surface area (Å²) in [4.78, 5) is 0. The fraction of sp³-hybridized carbons (Fsp3) is 0.647. The van der Waals surface area contributed by atoms with Gasteiger partial charge < -0.3 is 11.1 Å². The monoisotopic (exact) mass is 262 g/mol. The number of hydrogen-bond acceptors (Lipinski definition) is 2. The van der Waals surface area contributed by atoms with Crippen LogP contribution in [0.5, 0.6) is 0 Å². The standard InChI is InChI=1S/C17H30N2/c1-14-7-9-15(10-8-14)16(2,3)13-19-12-6-11-17(4,5)18/h7-10,19H,6,11-13,18H2,1-5H3. The Balaban J connectivity index is 2.37. The topological polar surface area (TPSA) is 38.0 Å². The molecule has 3 N–H and O–H groups in total. The molecule has 0 spiro atoms. The highest BCUT2D eigenvalue weighted by molar-refractivity contribution is 5.27. The Hall–Kier alpha value is -0.860. The zero-order valence-corrected chi connectivity index (χ0v) is 13.2. The van der Waals surface area contributed by atoms with Crippen LogP contribution in [0.3, 0.4) is 0 Å². The number of benzene rings is 1. The molecular weight excluding hydrogens is 232 g/mol. The molecule has 0 aromatic heterocycles. The molecule has 0 aliphatic rings. The van der Waals surface area contributed by atoms with Crippen LogP contribution in [0.25, 0.3) is 0 Å². The molecule has 1 aromatic rings. The van der Waals surface area contributed by atoms with Crippen LogP contribution in [-0.4, -0.2) is 18.6 Å². The van der Waals surface area contributed by atoms with Crippen molar-refractivity contribution in [3.8, 4) is 0 Å². The molecule has 2 heteroatoms. The van der Waals surface area contributed by atoms with E-state index < -0.39 is 0 Å². The van der Waals surface area contributed by atoms with Gasteiger partial charge in [0.15, 0.2) is 0 Å². The first-order valence-corrected chi connectivity index (χ1v) is 7.27. The summed E-state index contributed by atoms with van der Waals surface area (Å²) >= 11 is 0. The normalized spacial score (nSPS) is 12.7. The van der Waals surface area contributed by atoms with Gasteiger partial charge in [0.25, 0.3) is 0 Å². The predicted molar refractivity (Wildman–Crippen MR) is 84.6 cm³/mol. The van der Waals surface area contributed by atoms with Crippen molar-refractivity contribution in [2.45, 2.75) is 58.4 Å². The maximum Gasteiger partial charge on any atom is 0.00975 e. The first-order chi connectivity index (χ1) is 8.71. The molecule has 0 saturated heterocycles. The van der Waals surface area contributed by atoms with Crippen LogP contribution in [-0.2, 0) is 5.41 Å². The molecule has 108 valence electrons. The summed E-state index contributed by atoms with van der Waals surface area (Å²) in [6.07, 6.45) is 2.19. The van der Waals surface area contributed by atoms with E-state index in [-0.39, 0.29) is 11.0 Å². The third-order valence-corrected chi connectivity index (χ3v) is 3.57. The summed E-state index contributed by atoms with van der Waals surface area (Å²) < 4.78 is 0. The van der Waals surface area contributed by atoms with Gasteiger partial charge in [0.1, 0.15) is 0 Å². The highest BCUT2D eigenvalue weighted by atomic mass is 14.9. The van der Waals surface area contributed by atoms with Crippen molar-refractivity contribution in [3.05, 3.63) is 35.4 Å². The lowest BCUT2D eigenvalue weighted by molar-refractivity contribution is 0.424. The van der Waals surface area contributed by atoms with Crippen LogP contribution in [0.4, 0.5) is 0 Å². The third-order valence-electron chi connectivity index (χ3n) is 3.57. The van der Waals surface area contributed by atoms with Crippen LogP contribution >= 0.6 is 0 Å². The van der Waals surface area contributed by atoms with E-state index in [1.54, 1.807) is 0 Å². The van der Waals surface area contributed by atoms with E-state index in [0.29, 0.717) is 0 Å². The van der Waals surface area contributed by atoms with E-state index in [1.165, 1.54) is 11.1 Å². The molecule has 0 aliphatic carbocycles. The smallest absolute Gasteiger partial charge is 0.00975 e. The molecule has 0 atom stereocenters. The van der Waals surface area contributed by atoms with Crippen molar-refractivity contribution in [2.75, 3.05) is 13.1 Å². The molecule has 0 fully saturated rings. The van der Waals surface area contributed by atoms with Crippen molar-refractivity contribution >= 4 is 0 Å². The number of nitrogens with one attached hydrogen (secondary N) is 1. The highest BCUT2D eigenvalue weighted by Crippen LogP contribution is 2.22. The first kappa shape index (κ1) is 16.2. The van der Waals surface area contributed by atoms with Gasteiger partial charge in [0.2, 0.25) is 0 Å². The summed E-state index contributed by atoms with van der Waals surface area (Å²) in [6, 6.07) is 8.85. The van der Waals surface area contributed by atoms with Crippen LogP contribution in [0.2, 0.25) is 0 Å². The molecule has 0 bridgehead atoms. The van der Waals surface area contributed by atoms with Crippen molar-refractivity contribution < 1.29 is 0 Å². The number of rotatable bonds is 7. The summed E-state index contributed by atoms with van der Waals surface area (Å²) in [7, 11) is 0. The highest BCUT2D eigenvalue weighted by Gasteiger charge is 2.19. The fourth-order valence-electron chi connectivity index (χ4n) is 2.18. The molecule has 0 amide bonds. The molecule has 0 aliphatic heterocycles. The molecule has 2 nitrogen and oxygen atoms in total. The zero-order chi connectivity index (χ0) is 14.5. The number of nitrogens with two attached hydrogens (primary N) is 1. The molecule has 0 saturated carbocycles. The largest absolute Gasteiger partial charge is 0.326 e. The molecule has 19 heavy (non-hydrogen) atoms. The molecule has 0 heterocycles. The van der Waals surface area contributed by atoms with E-state index in [9.17, 15) is 0 Å². The van der Waals surface area contributed by atoms with Gasteiger partial charge in [-0.05, 0) is 45.7 Å². The van der Waals surface area contributed by atoms with Gasteiger partial charge in [-0.15, -0.1) is 0 Å². The maximum absolute atomic E-state index is 5.98. The van der Waals surface area contributed by atoms with Gasteiger partial charge in [0.05, 0.1) is 0 Å². The summed E-state index contributed by atoms with van der Waals surface area (Å²) in [5.41, 5.74) is 8.82. The van der Waals surface area contributed by atoms with Crippen molar-refractivity contribution in [3.63, 3.8) is 0 Å². The first-order valence-electron chi connectivity index (χ1n) is 7.27. The van der Waals surface area contributed by atoms with Crippen LogP contribution in [0.1, 0.15) is 51.7 Å². The predicted octanol–water partition coefficient (Wildman–Crippen LogP) is 3.38. The van der Waals surface area contributed by atoms with E-state index in [4.69, 9.17) is 5.73 Å². The molecule has 1 rings (SSSR count). The summed E-state index contributed by atoms with van der Waals surface area (Å²) in [6.45, 7) is 12.9. The summed E-state index contributed by atoms with van der Waals surface area (Å²) in [5, 5.41) is 3.56. The minimum absolute atomic E-state index is 0.0475. The van der Waals surface area contributed by atoms with Crippen LogP contribution < -0.4 is 11.1 Å². The Morgan fingerprint density at radius 3 is 2.16 bits per heavy atom. The lowest BCUT2D eigenvalue weighted by Crippen LogP contribution is -2.36. The average Bonchev–Trinajstić information content (AvgIpc) is 2.27. The average molecular weight is 262 g/mol. The molecule has 0 radical (unpaired) electrons. The van der Waals surface area contributed by atoms with Crippen LogP contribution in [0.15, 0.2) is 24.3 Å². The van der Waals surface area contributed by atoms with Crippen molar-refractivity contribution in [1.29, 1.82) is 0 Å². The zero-order valence-electron chi connectivity index (χ0n) is 13.2. The molecule has 1 aromatic carbocycles. The molecular formula is C17H30N2. The van der Waals surface area contributed by atoms with Gasteiger partial charge in [-0.3, -0.25) is 0 Å². The Morgan fingerprint density at radius 2 is 1.63 bits per heavy atom. The van der Waals surface area contributed by atoms with Gasteiger partial charge in [-0.25, -0.2) is 0 Å². The Kier molecular flexibility index (Phi) is 5.57. The quantitative estimate of drug-likeness (QED) is 0.739. The van der Waals surface area contributed by atoms with Gasteiger partial charge >= 0.3 is 0 Å². The molecule has 0 unspecified atom stereocenters. The number of aryl methyl sites for hydroxylation is 1. The number of hydrogen-bond donors (Lipinski definition) is 2. The second kappa shape index (κ2) is 6.53. The van der Waals surface area contributed by atoms with Gasteiger partial charge in [-0.2, -0.15) is 0 Å². The van der Waals surface area contributed by atoms with E-state index >= 15 is 0 Å². The van der Waals surface area contributed by atoms with Gasteiger partial charge in [0, 0.05) is 17.5 Å². The Labute approximate surface area is 118 Å². The van der Waals surface area contributed by atoms with Crippen molar-refractivity contribution in [2.24, 2.45) is 5.73 Å².